The third kappa shape index (κ3) is 2.82. The zero-order chi connectivity index (χ0) is 15.9. The number of allylic oxidation sites excluding steroid dienone is 2. The molecule has 2 nitrogen and oxygen atoms in total. The van der Waals surface area contributed by atoms with Crippen molar-refractivity contribution < 1.29 is 18.0 Å². The third-order valence-corrected chi connectivity index (χ3v) is 4.00. The van der Waals surface area contributed by atoms with Crippen molar-refractivity contribution in [3.05, 3.63) is 41.2 Å². The average Bonchev–Trinajstić information content (AvgIpc) is 2.90. The van der Waals surface area contributed by atoms with Crippen LogP contribution < -0.4 is 5.32 Å². The van der Waals surface area contributed by atoms with E-state index in [4.69, 9.17) is 0 Å². The van der Waals surface area contributed by atoms with Gasteiger partial charge < -0.3 is 5.32 Å². The number of anilines is 1. The molecule has 1 amide bonds. The zero-order valence-corrected chi connectivity index (χ0v) is 12.4. The summed E-state index contributed by atoms with van der Waals surface area (Å²) in [7, 11) is 0. The van der Waals surface area contributed by atoms with E-state index in [2.05, 4.69) is 5.32 Å². The van der Waals surface area contributed by atoms with Crippen LogP contribution >= 0.6 is 0 Å². The fourth-order valence-corrected chi connectivity index (χ4v) is 2.68. The highest BCUT2D eigenvalue weighted by molar-refractivity contribution is 5.95. The normalized spacial score (nSPS) is 22.6. The van der Waals surface area contributed by atoms with Gasteiger partial charge in [0.05, 0.1) is 11.6 Å². The van der Waals surface area contributed by atoms with Gasteiger partial charge >= 0.3 is 0 Å². The van der Waals surface area contributed by atoms with Crippen molar-refractivity contribution >= 4 is 11.6 Å². The van der Waals surface area contributed by atoms with Crippen LogP contribution in [0, 0.1) is 34.7 Å². The first-order valence-corrected chi connectivity index (χ1v) is 6.75. The maximum absolute atomic E-state index is 13.6. The Bertz CT molecular complexity index is 618. The monoisotopic (exact) mass is 297 g/mol. The van der Waals surface area contributed by atoms with Gasteiger partial charge in [0.1, 0.15) is 0 Å². The van der Waals surface area contributed by atoms with E-state index >= 15 is 0 Å². The van der Waals surface area contributed by atoms with E-state index in [0.29, 0.717) is 0 Å². The molecule has 0 spiro atoms. The molecule has 5 heteroatoms. The van der Waals surface area contributed by atoms with Crippen LogP contribution in [0.2, 0.25) is 0 Å². The molecule has 21 heavy (non-hydrogen) atoms. The number of carbonyl (C=O) groups is 1. The highest BCUT2D eigenvalue weighted by Gasteiger charge is 2.60. The number of hydrogen-bond acceptors (Lipinski definition) is 1. The molecule has 1 fully saturated rings. The maximum atomic E-state index is 13.6. The Morgan fingerprint density at radius 1 is 1.19 bits per heavy atom. The fraction of sp³-hybridized carbons (Fsp3) is 0.438. The molecule has 114 valence electrons. The Morgan fingerprint density at radius 2 is 1.81 bits per heavy atom. The lowest BCUT2D eigenvalue weighted by Crippen LogP contribution is -2.18. The molecule has 0 bridgehead atoms. The molecule has 0 aliphatic heterocycles. The topological polar surface area (TPSA) is 29.1 Å². The number of benzene rings is 1. The van der Waals surface area contributed by atoms with Gasteiger partial charge in [0.25, 0.3) is 0 Å². The molecule has 2 unspecified atom stereocenters. The molecule has 1 saturated carbocycles. The van der Waals surface area contributed by atoms with Gasteiger partial charge in [-0.25, -0.2) is 13.2 Å². The van der Waals surface area contributed by atoms with Crippen molar-refractivity contribution in [2.24, 2.45) is 17.3 Å². The number of hydrogen-bond donors (Lipinski definition) is 1. The van der Waals surface area contributed by atoms with Gasteiger partial charge in [-0.3, -0.25) is 4.79 Å². The molecule has 2 atom stereocenters. The van der Waals surface area contributed by atoms with Crippen LogP contribution in [0.3, 0.4) is 0 Å². The SMILES string of the molecule is CC(C)=CC1C(C(=O)Nc2ccc(F)c(F)c2F)C1(C)C. The lowest BCUT2D eigenvalue weighted by molar-refractivity contribution is -0.118. The van der Waals surface area contributed by atoms with Gasteiger partial charge in [-0.2, -0.15) is 0 Å². The van der Waals surface area contributed by atoms with E-state index in [9.17, 15) is 18.0 Å². The fourth-order valence-electron chi connectivity index (χ4n) is 2.68. The van der Waals surface area contributed by atoms with Crippen molar-refractivity contribution in [3.8, 4) is 0 Å². The predicted molar refractivity (Wildman–Crippen MR) is 75.1 cm³/mol. The van der Waals surface area contributed by atoms with E-state index in [1.807, 2.05) is 33.8 Å². The molecule has 1 N–H and O–H groups in total. The Balaban J connectivity index is 2.17. The van der Waals surface area contributed by atoms with Gasteiger partial charge in [-0.15, -0.1) is 0 Å². The van der Waals surface area contributed by atoms with Crippen LogP contribution in [0.1, 0.15) is 27.7 Å². The van der Waals surface area contributed by atoms with Crippen molar-refractivity contribution in [3.63, 3.8) is 0 Å². The van der Waals surface area contributed by atoms with E-state index < -0.39 is 17.5 Å². The first-order valence-electron chi connectivity index (χ1n) is 6.75. The number of amides is 1. The minimum atomic E-state index is -1.58. The third-order valence-electron chi connectivity index (χ3n) is 4.00. The van der Waals surface area contributed by atoms with E-state index in [0.717, 1.165) is 17.7 Å². The summed E-state index contributed by atoms with van der Waals surface area (Å²) in [6.45, 7) is 7.78. The highest BCUT2D eigenvalue weighted by Crippen LogP contribution is 2.59. The maximum Gasteiger partial charge on any atom is 0.228 e. The summed E-state index contributed by atoms with van der Waals surface area (Å²) in [6.07, 6.45) is 2.01. The summed E-state index contributed by atoms with van der Waals surface area (Å²) in [5.41, 5.74) is 0.538. The van der Waals surface area contributed by atoms with Crippen molar-refractivity contribution in [2.75, 3.05) is 5.32 Å². The molecule has 0 aromatic heterocycles. The molecule has 0 heterocycles. The Hall–Kier alpha value is -1.78. The molecule has 1 aliphatic carbocycles. The second-order valence-electron chi connectivity index (χ2n) is 6.28. The van der Waals surface area contributed by atoms with Crippen LogP contribution in [-0.4, -0.2) is 5.91 Å². The molecule has 1 aromatic rings. The van der Waals surface area contributed by atoms with Crippen LogP contribution in [0.5, 0.6) is 0 Å². The molecular weight excluding hydrogens is 279 g/mol. The predicted octanol–water partition coefficient (Wildman–Crippen LogP) is 4.28. The van der Waals surface area contributed by atoms with Crippen molar-refractivity contribution in [2.45, 2.75) is 27.7 Å². The van der Waals surface area contributed by atoms with E-state index in [1.165, 1.54) is 0 Å². The second kappa shape index (κ2) is 5.20. The molecule has 2 rings (SSSR count). The summed E-state index contributed by atoms with van der Waals surface area (Å²) >= 11 is 0. The molecule has 1 aromatic carbocycles. The number of halogens is 3. The summed E-state index contributed by atoms with van der Waals surface area (Å²) in [4.78, 5) is 12.2. The first kappa shape index (κ1) is 15.6. The minimum Gasteiger partial charge on any atom is -0.323 e. The molecule has 0 saturated heterocycles. The first-order chi connectivity index (χ1) is 9.66. The van der Waals surface area contributed by atoms with Gasteiger partial charge in [-0.05, 0) is 37.3 Å². The number of rotatable bonds is 3. The van der Waals surface area contributed by atoms with Crippen molar-refractivity contribution in [1.82, 2.24) is 0 Å². The summed E-state index contributed by atoms with van der Waals surface area (Å²) < 4.78 is 39.6. The summed E-state index contributed by atoms with van der Waals surface area (Å²) in [5.74, 6) is -4.85. The Kier molecular flexibility index (Phi) is 3.87. The second-order valence-corrected chi connectivity index (χ2v) is 6.28. The van der Waals surface area contributed by atoms with Crippen LogP contribution in [0.4, 0.5) is 18.9 Å². The van der Waals surface area contributed by atoms with Gasteiger partial charge in [0.2, 0.25) is 5.91 Å². The van der Waals surface area contributed by atoms with Crippen molar-refractivity contribution in [1.29, 1.82) is 0 Å². The molecule has 1 aliphatic rings. The van der Waals surface area contributed by atoms with Gasteiger partial charge in [-0.1, -0.05) is 25.5 Å². The van der Waals surface area contributed by atoms with E-state index in [1.54, 1.807) is 0 Å². The standard InChI is InChI=1S/C16H18F3NO/c1-8(2)7-9-12(16(9,3)4)15(21)20-11-6-5-10(17)13(18)14(11)19/h5-7,9,12H,1-4H3,(H,20,21). The van der Waals surface area contributed by atoms with Crippen LogP contribution in [-0.2, 0) is 4.79 Å². The van der Waals surface area contributed by atoms with Gasteiger partial charge in [0.15, 0.2) is 17.5 Å². The average molecular weight is 297 g/mol. The summed E-state index contributed by atoms with van der Waals surface area (Å²) in [5, 5.41) is 2.35. The quantitative estimate of drug-likeness (QED) is 0.655. The molecule has 0 radical (unpaired) electrons. The lowest BCUT2D eigenvalue weighted by Gasteiger charge is -2.08. The zero-order valence-electron chi connectivity index (χ0n) is 12.4. The summed E-state index contributed by atoms with van der Waals surface area (Å²) in [6, 6.07) is 1.82. The lowest BCUT2D eigenvalue weighted by atomic mass is 10.1. The highest BCUT2D eigenvalue weighted by atomic mass is 19.2. The van der Waals surface area contributed by atoms with Crippen LogP contribution in [0.15, 0.2) is 23.8 Å². The molecular formula is C16H18F3NO. The van der Waals surface area contributed by atoms with Crippen LogP contribution in [0.25, 0.3) is 0 Å². The number of nitrogens with one attached hydrogen (secondary N) is 1. The van der Waals surface area contributed by atoms with Gasteiger partial charge in [0, 0.05) is 0 Å². The smallest absolute Gasteiger partial charge is 0.228 e. The largest absolute Gasteiger partial charge is 0.323 e. The Morgan fingerprint density at radius 3 is 2.38 bits per heavy atom. The minimum absolute atomic E-state index is 0.0656. The van der Waals surface area contributed by atoms with E-state index in [-0.39, 0.29) is 28.8 Å². The Labute approximate surface area is 122 Å². The number of carbonyl (C=O) groups excluding carboxylic acids is 1.